The number of aromatic amines is 1. The van der Waals surface area contributed by atoms with Gasteiger partial charge in [0, 0.05) is 24.1 Å². The number of rotatable bonds is 4. The average Bonchev–Trinajstić information content (AvgIpc) is 2.85. The second kappa shape index (κ2) is 6.54. The van der Waals surface area contributed by atoms with Crippen LogP contribution in [0.25, 0.3) is 0 Å². The number of hydrogen-bond donors (Lipinski definition) is 2. The van der Waals surface area contributed by atoms with Crippen molar-refractivity contribution >= 4 is 5.91 Å². The molecule has 0 bridgehead atoms. The summed E-state index contributed by atoms with van der Waals surface area (Å²) in [5, 5.41) is 10.4. The van der Waals surface area contributed by atoms with Crippen LogP contribution in [-0.4, -0.2) is 21.7 Å². The Morgan fingerprint density at radius 1 is 1.40 bits per heavy atom. The molecule has 25 heavy (non-hydrogen) atoms. The van der Waals surface area contributed by atoms with Gasteiger partial charge in [0.2, 0.25) is 5.91 Å². The van der Waals surface area contributed by atoms with Gasteiger partial charge in [-0.1, -0.05) is 25.1 Å². The third-order valence-electron chi connectivity index (χ3n) is 4.88. The first-order valence-electron chi connectivity index (χ1n) is 8.85. The highest BCUT2D eigenvalue weighted by Gasteiger charge is 2.34. The Morgan fingerprint density at radius 2 is 2.12 bits per heavy atom. The van der Waals surface area contributed by atoms with Crippen LogP contribution in [-0.2, 0) is 4.79 Å². The van der Waals surface area contributed by atoms with Crippen molar-refractivity contribution in [3.05, 3.63) is 46.8 Å². The summed E-state index contributed by atoms with van der Waals surface area (Å²) in [5.41, 5.74) is 3.90. The van der Waals surface area contributed by atoms with Gasteiger partial charge in [0.15, 0.2) is 0 Å². The number of aromatic nitrogens is 2. The fourth-order valence-corrected chi connectivity index (χ4v) is 3.85. The fourth-order valence-electron chi connectivity index (χ4n) is 3.85. The van der Waals surface area contributed by atoms with Gasteiger partial charge in [0.05, 0.1) is 11.7 Å². The highest BCUT2D eigenvalue weighted by molar-refractivity contribution is 5.77. The van der Waals surface area contributed by atoms with E-state index < -0.39 is 0 Å². The zero-order chi connectivity index (χ0) is 18.2. The van der Waals surface area contributed by atoms with Crippen LogP contribution in [0.4, 0.5) is 0 Å². The van der Waals surface area contributed by atoms with Gasteiger partial charge in [-0.05, 0) is 45.2 Å². The number of H-pyrrole nitrogens is 1. The first-order valence-corrected chi connectivity index (χ1v) is 8.85. The Kier molecular flexibility index (Phi) is 4.58. The Labute approximate surface area is 149 Å². The molecule has 2 N–H and O–H groups in total. The van der Waals surface area contributed by atoms with Gasteiger partial charge < -0.3 is 10.1 Å². The van der Waals surface area contributed by atoms with Crippen molar-refractivity contribution in [2.75, 3.05) is 0 Å². The minimum Gasteiger partial charge on any atom is -0.487 e. The molecule has 0 spiro atoms. The molecule has 5 nitrogen and oxygen atoms in total. The van der Waals surface area contributed by atoms with E-state index in [1.807, 2.05) is 38.1 Å². The SMILES string of the molecule is Cc1n[nH]c(C)c1C(C)CC(=O)NC1CC(C)(C)Oc2ccccc21. The van der Waals surface area contributed by atoms with E-state index in [-0.39, 0.29) is 23.5 Å². The van der Waals surface area contributed by atoms with Gasteiger partial charge in [-0.25, -0.2) is 0 Å². The number of nitrogens with zero attached hydrogens (tertiary/aromatic N) is 1. The molecule has 2 atom stereocenters. The summed E-state index contributed by atoms with van der Waals surface area (Å²) in [6.07, 6.45) is 1.20. The molecule has 1 amide bonds. The van der Waals surface area contributed by atoms with Crippen LogP contribution in [0.15, 0.2) is 24.3 Å². The number of carbonyl (C=O) groups excluding carboxylic acids is 1. The topological polar surface area (TPSA) is 67.0 Å². The summed E-state index contributed by atoms with van der Waals surface area (Å²) in [4.78, 5) is 12.7. The number of aryl methyl sites for hydroxylation is 2. The molecule has 0 fully saturated rings. The molecule has 0 aliphatic carbocycles. The van der Waals surface area contributed by atoms with Crippen LogP contribution in [0.5, 0.6) is 5.75 Å². The molecule has 2 aromatic rings. The number of ether oxygens (including phenoxy) is 1. The predicted molar refractivity (Wildman–Crippen MR) is 97.7 cm³/mol. The standard InChI is InChI=1S/C20H27N3O2/c1-12(19-13(2)22-23-14(19)3)10-18(24)21-16-11-20(4,5)25-17-9-7-6-8-15(16)17/h6-9,12,16H,10-11H2,1-5H3,(H,21,24)(H,22,23). The van der Waals surface area contributed by atoms with Crippen molar-refractivity contribution in [3.8, 4) is 5.75 Å². The molecule has 0 saturated heterocycles. The highest BCUT2D eigenvalue weighted by Crippen LogP contribution is 2.39. The van der Waals surface area contributed by atoms with Crippen molar-refractivity contribution in [2.24, 2.45) is 0 Å². The maximum Gasteiger partial charge on any atom is 0.221 e. The number of fused-ring (bicyclic) bond motifs is 1. The lowest BCUT2D eigenvalue weighted by Crippen LogP contribution is -2.41. The van der Waals surface area contributed by atoms with E-state index in [9.17, 15) is 4.79 Å². The number of nitrogens with one attached hydrogen (secondary N) is 2. The number of amides is 1. The molecule has 134 valence electrons. The lowest BCUT2D eigenvalue weighted by atomic mass is 9.89. The van der Waals surface area contributed by atoms with E-state index in [4.69, 9.17) is 4.74 Å². The minimum absolute atomic E-state index is 0.0220. The van der Waals surface area contributed by atoms with E-state index in [1.165, 1.54) is 0 Å². The van der Waals surface area contributed by atoms with Crippen LogP contribution in [0.3, 0.4) is 0 Å². The highest BCUT2D eigenvalue weighted by atomic mass is 16.5. The summed E-state index contributed by atoms with van der Waals surface area (Å²) in [6, 6.07) is 7.93. The molecule has 2 unspecified atom stereocenters. The molecular weight excluding hydrogens is 314 g/mol. The molecule has 3 rings (SSSR count). The quantitative estimate of drug-likeness (QED) is 0.885. The molecular formula is C20H27N3O2. The van der Waals surface area contributed by atoms with Crippen LogP contribution in [0.1, 0.15) is 68.1 Å². The monoisotopic (exact) mass is 341 g/mol. The summed E-state index contributed by atoms with van der Waals surface area (Å²) < 4.78 is 6.04. The smallest absolute Gasteiger partial charge is 0.221 e. The molecule has 1 aliphatic heterocycles. The summed E-state index contributed by atoms with van der Waals surface area (Å²) in [5.74, 6) is 1.05. The van der Waals surface area contributed by atoms with Gasteiger partial charge in [0.1, 0.15) is 11.4 Å². The normalized spacial score (nSPS) is 19.6. The van der Waals surface area contributed by atoms with Crippen LogP contribution < -0.4 is 10.1 Å². The zero-order valence-corrected chi connectivity index (χ0v) is 15.6. The van der Waals surface area contributed by atoms with E-state index in [0.717, 1.165) is 34.7 Å². The van der Waals surface area contributed by atoms with Crippen molar-refractivity contribution in [1.82, 2.24) is 15.5 Å². The van der Waals surface area contributed by atoms with E-state index in [1.54, 1.807) is 0 Å². The van der Waals surface area contributed by atoms with E-state index >= 15 is 0 Å². The van der Waals surface area contributed by atoms with Crippen molar-refractivity contribution in [3.63, 3.8) is 0 Å². The third kappa shape index (κ3) is 3.70. The largest absolute Gasteiger partial charge is 0.487 e. The van der Waals surface area contributed by atoms with Gasteiger partial charge in [-0.15, -0.1) is 0 Å². The number of carbonyl (C=O) groups is 1. The summed E-state index contributed by atoms with van der Waals surface area (Å²) in [7, 11) is 0. The summed E-state index contributed by atoms with van der Waals surface area (Å²) >= 11 is 0. The lowest BCUT2D eigenvalue weighted by Gasteiger charge is -2.38. The first-order chi connectivity index (χ1) is 11.8. The van der Waals surface area contributed by atoms with Crippen molar-refractivity contribution < 1.29 is 9.53 Å². The summed E-state index contributed by atoms with van der Waals surface area (Å²) in [6.45, 7) is 10.2. The second-order valence-electron chi connectivity index (χ2n) is 7.68. The molecule has 5 heteroatoms. The Balaban J connectivity index is 1.73. The minimum atomic E-state index is -0.296. The van der Waals surface area contributed by atoms with Crippen LogP contribution in [0, 0.1) is 13.8 Å². The Hall–Kier alpha value is -2.30. The van der Waals surface area contributed by atoms with Crippen molar-refractivity contribution in [2.45, 2.75) is 65.0 Å². The number of para-hydroxylation sites is 1. The van der Waals surface area contributed by atoms with Crippen LogP contribution >= 0.6 is 0 Å². The number of hydrogen-bond acceptors (Lipinski definition) is 3. The maximum absolute atomic E-state index is 12.7. The second-order valence-corrected chi connectivity index (χ2v) is 7.68. The lowest BCUT2D eigenvalue weighted by molar-refractivity contribution is -0.122. The maximum atomic E-state index is 12.7. The molecule has 1 aromatic heterocycles. The van der Waals surface area contributed by atoms with E-state index in [0.29, 0.717) is 6.42 Å². The van der Waals surface area contributed by atoms with Crippen LogP contribution in [0.2, 0.25) is 0 Å². The molecule has 0 radical (unpaired) electrons. The molecule has 1 aliphatic rings. The van der Waals surface area contributed by atoms with Gasteiger partial charge in [0.25, 0.3) is 0 Å². The van der Waals surface area contributed by atoms with E-state index in [2.05, 4.69) is 36.3 Å². The fraction of sp³-hybridized carbons (Fsp3) is 0.500. The molecule has 2 heterocycles. The Bertz CT molecular complexity index is 759. The predicted octanol–water partition coefficient (Wildman–Crippen LogP) is 3.94. The van der Waals surface area contributed by atoms with Gasteiger partial charge in [-0.3, -0.25) is 9.89 Å². The number of benzene rings is 1. The van der Waals surface area contributed by atoms with Gasteiger partial charge in [-0.2, -0.15) is 5.10 Å². The average molecular weight is 341 g/mol. The zero-order valence-electron chi connectivity index (χ0n) is 15.6. The van der Waals surface area contributed by atoms with Gasteiger partial charge >= 0.3 is 0 Å². The third-order valence-corrected chi connectivity index (χ3v) is 4.88. The molecule has 0 saturated carbocycles. The first kappa shape index (κ1) is 17.5. The Morgan fingerprint density at radius 3 is 2.80 bits per heavy atom. The van der Waals surface area contributed by atoms with Crippen molar-refractivity contribution in [1.29, 1.82) is 0 Å². The molecule has 1 aromatic carbocycles.